The van der Waals surface area contributed by atoms with E-state index in [9.17, 15) is 9.59 Å². The Morgan fingerprint density at radius 1 is 1.32 bits per heavy atom. The van der Waals surface area contributed by atoms with Crippen LogP contribution in [0.2, 0.25) is 0 Å². The lowest BCUT2D eigenvalue weighted by atomic mass is 9.83. The zero-order valence-electron chi connectivity index (χ0n) is 13.3. The summed E-state index contributed by atoms with van der Waals surface area (Å²) in [5, 5.41) is 0. The van der Waals surface area contributed by atoms with Gasteiger partial charge in [0.1, 0.15) is 13.2 Å². The molecule has 2 fully saturated rings. The van der Waals surface area contributed by atoms with Crippen LogP contribution in [0.3, 0.4) is 0 Å². The molecule has 1 heterocycles. The van der Waals surface area contributed by atoms with Crippen LogP contribution in [0.25, 0.3) is 0 Å². The second kappa shape index (κ2) is 7.51. The van der Waals surface area contributed by atoms with Gasteiger partial charge in [-0.1, -0.05) is 6.58 Å². The Morgan fingerprint density at radius 2 is 2.00 bits per heavy atom. The summed E-state index contributed by atoms with van der Waals surface area (Å²) in [5.74, 6) is 0.919. The van der Waals surface area contributed by atoms with E-state index >= 15 is 0 Å². The highest BCUT2D eigenvalue weighted by molar-refractivity contribution is 7.99. The number of thioether (sulfide) groups is 1. The third-order valence-electron chi connectivity index (χ3n) is 4.14. The van der Waals surface area contributed by atoms with Gasteiger partial charge in [0, 0.05) is 17.1 Å². The zero-order chi connectivity index (χ0) is 16.2. The Hall–Kier alpha value is -1.01. The highest BCUT2D eigenvalue weighted by atomic mass is 32.2. The van der Waals surface area contributed by atoms with E-state index in [-0.39, 0.29) is 29.6 Å². The molecule has 2 rings (SSSR count). The van der Waals surface area contributed by atoms with Gasteiger partial charge in [-0.05, 0) is 33.1 Å². The van der Waals surface area contributed by atoms with E-state index in [1.807, 2.05) is 0 Å². The van der Waals surface area contributed by atoms with Crippen molar-refractivity contribution in [3.05, 3.63) is 12.2 Å². The van der Waals surface area contributed by atoms with Crippen LogP contribution in [-0.2, 0) is 23.8 Å². The van der Waals surface area contributed by atoms with Gasteiger partial charge in [0.15, 0.2) is 0 Å². The van der Waals surface area contributed by atoms with Gasteiger partial charge in [-0.3, -0.25) is 4.79 Å². The molecule has 5 nitrogen and oxygen atoms in total. The number of carbonyl (C=O) groups excluding carboxylic acids is 2. The van der Waals surface area contributed by atoms with Crippen molar-refractivity contribution >= 4 is 23.7 Å². The van der Waals surface area contributed by atoms with Crippen LogP contribution in [-0.4, -0.2) is 48.4 Å². The molecule has 0 bridgehead atoms. The molecule has 124 valence electrons. The van der Waals surface area contributed by atoms with Crippen molar-refractivity contribution in [1.82, 2.24) is 0 Å². The molecule has 0 aromatic rings. The molecule has 3 atom stereocenters. The predicted molar refractivity (Wildman–Crippen MR) is 84.7 cm³/mol. The first-order chi connectivity index (χ1) is 10.4. The molecule has 22 heavy (non-hydrogen) atoms. The summed E-state index contributed by atoms with van der Waals surface area (Å²) < 4.78 is 15.9. The summed E-state index contributed by atoms with van der Waals surface area (Å²) in [6.07, 6.45) is 2.84. The van der Waals surface area contributed by atoms with Crippen LogP contribution < -0.4 is 0 Å². The van der Waals surface area contributed by atoms with Gasteiger partial charge in [0.25, 0.3) is 0 Å². The number of esters is 2. The molecule has 1 saturated heterocycles. The van der Waals surface area contributed by atoms with E-state index in [2.05, 4.69) is 13.5 Å². The maximum absolute atomic E-state index is 12.0. The molecule has 0 radical (unpaired) electrons. The molecule has 3 unspecified atom stereocenters. The molecule has 0 N–H and O–H groups in total. The molecule has 0 amide bonds. The normalized spacial score (nSPS) is 29.4. The highest BCUT2D eigenvalue weighted by Gasteiger charge is 2.56. The average Bonchev–Trinajstić information content (AvgIpc) is 3.15. The Labute approximate surface area is 135 Å². The molecule has 1 aliphatic carbocycles. The van der Waals surface area contributed by atoms with Gasteiger partial charge in [-0.25, -0.2) is 4.79 Å². The SMILES string of the molecule is C=C(C)C(=O)OCCSCCOC(=O)C1CCC2(C)OC2C1. The third kappa shape index (κ3) is 4.74. The van der Waals surface area contributed by atoms with Crippen molar-refractivity contribution < 1.29 is 23.8 Å². The van der Waals surface area contributed by atoms with Gasteiger partial charge in [-0.15, -0.1) is 0 Å². The van der Waals surface area contributed by atoms with E-state index in [1.165, 1.54) is 0 Å². The Morgan fingerprint density at radius 3 is 2.64 bits per heavy atom. The van der Waals surface area contributed by atoms with Crippen molar-refractivity contribution in [1.29, 1.82) is 0 Å². The van der Waals surface area contributed by atoms with Gasteiger partial charge >= 0.3 is 11.9 Å². The first kappa shape index (κ1) is 17.3. The summed E-state index contributed by atoms with van der Waals surface area (Å²) in [4.78, 5) is 23.1. The van der Waals surface area contributed by atoms with Crippen LogP contribution in [0.15, 0.2) is 12.2 Å². The molecular formula is C16H24O5S. The fraction of sp³-hybridized carbons (Fsp3) is 0.750. The Bertz CT molecular complexity index is 450. The monoisotopic (exact) mass is 328 g/mol. The minimum Gasteiger partial charge on any atom is -0.465 e. The number of epoxide rings is 1. The van der Waals surface area contributed by atoms with Gasteiger partial charge in [0.05, 0.1) is 17.6 Å². The largest absolute Gasteiger partial charge is 0.465 e. The van der Waals surface area contributed by atoms with E-state index in [0.29, 0.717) is 30.3 Å². The zero-order valence-corrected chi connectivity index (χ0v) is 14.1. The topological polar surface area (TPSA) is 65.1 Å². The van der Waals surface area contributed by atoms with Crippen LogP contribution in [0, 0.1) is 5.92 Å². The minimum atomic E-state index is -0.362. The lowest BCUT2D eigenvalue weighted by molar-refractivity contribution is -0.148. The van der Waals surface area contributed by atoms with E-state index in [0.717, 1.165) is 19.3 Å². The fourth-order valence-corrected chi connectivity index (χ4v) is 3.20. The number of hydrogen-bond donors (Lipinski definition) is 0. The Balaban J connectivity index is 1.48. The molecule has 1 aliphatic heterocycles. The van der Waals surface area contributed by atoms with E-state index in [1.54, 1.807) is 18.7 Å². The molecule has 0 aromatic carbocycles. The smallest absolute Gasteiger partial charge is 0.333 e. The summed E-state index contributed by atoms with van der Waals surface area (Å²) in [5.41, 5.74) is 0.440. The average molecular weight is 328 g/mol. The second-order valence-electron chi connectivity index (χ2n) is 6.09. The van der Waals surface area contributed by atoms with Crippen LogP contribution >= 0.6 is 11.8 Å². The number of hydrogen-bond acceptors (Lipinski definition) is 6. The lowest BCUT2D eigenvalue weighted by Gasteiger charge is -2.20. The minimum absolute atomic E-state index is 0.0119. The number of fused-ring (bicyclic) bond motifs is 1. The summed E-state index contributed by atoms with van der Waals surface area (Å²) in [6.45, 7) is 7.99. The van der Waals surface area contributed by atoms with Crippen molar-refractivity contribution in [2.45, 2.75) is 44.8 Å². The van der Waals surface area contributed by atoms with Crippen LogP contribution in [0.4, 0.5) is 0 Å². The van der Waals surface area contributed by atoms with Crippen molar-refractivity contribution in [3.63, 3.8) is 0 Å². The highest BCUT2D eigenvalue weighted by Crippen LogP contribution is 2.49. The first-order valence-corrected chi connectivity index (χ1v) is 8.82. The maximum Gasteiger partial charge on any atom is 0.333 e. The van der Waals surface area contributed by atoms with Crippen LogP contribution in [0.1, 0.15) is 33.1 Å². The quantitative estimate of drug-likeness (QED) is 0.295. The molecule has 0 aromatic heterocycles. The van der Waals surface area contributed by atoms with Crippen LogP contribution in [0.5, 0.6) is 0 Å². The number of rotatable bonds is 8. The third-order valence-corrected chi connectivity index (χ3v) is 5.05. The van der Waals surface area contributed by atoms with E-state index in [4.69, 9.17) is 14.2 Å². The van der Waals surface area contributed by atoms with Crippen molar-refractivity contribution in [2.24, 2.45) is 5.92 Å². The number of ether oxygens (including phenoxy) is 3. The van der Waals surface area contributed by atoms with Gasteiger partial charge < -0.3 is 14.2 Å². The maximum atomic E-state index is 12.0. The number of carbonyl (C=O) groups is 2. The first-order valence-electron chi connectivity index (χ1n) is 7.67. The molecule has 2 aliphatic rings. The standard InChI is InChI=1S/C16H24O5S/c1-11(2)14(17)19-6-8-22-9-7-20-15(18)12-4-5-16(3)13(10-12)21-16/h12-13H,1,4-10H2,2-3H3. The predicted octanol–water partition coefficient (Wildman–Crippen LogP) is 2.34. The Kier molecular flexibility index (Phi) is 5.92. The summed E-state index contributed by atoms with van der Waals surface area (Å²) in [6, 6.07) is 0. The van der Waals surface area contributed by atoms with Crippen molar-refractivity contribution in [2.75, 3.05) is 24.7 Å². The van der Waals surface area contributed by atoms with E-state index < -0.39 is 0 Å². The molecule has 1 saturated carbocycles. The lowest BCUT2D eigenvalue weighted by Crippen LogP contribution is -2.28. The summed E-state index contributed by atoms with van der Waals surface area (Å²) in [7, 11) is 0. The molecule has 6 heteroatoms. The second-order valence-corrected chi connectivity index (χ2v) is 7.31. The summed E-state index contributed by atoms with van der Waals surface area (Å²) >= 11 is 1.59. The van der Waals surface area contributed by atoms with Crippen molar-refractivity contribution in [3.8, 4) is 0 Å². The molecular weight excluding hydrogens is 304 g/mol. The fourth-order valence-electron chi connectivity index (χ4n) is 2.60. The van der Waals surface area contributed by atoms with Gasteiger partial charge in [0.2, 0.25) is 0 Å². The van der Waals surface area contributed by atoms with Gasteiger partial charge in [-0.2, -0.15) is 11.8 Å². The molecule has 0 spiro atoms.